The summed E-state index contributed by atoms with van der Waals surface area (Å²) in [4.78, 5) is 20.8. The molecule has 2 aromatic carbocycles. The number of rotatable bonds is 7. The third-order valence-electron chi connectivity index (χ3n) is 3.90. The zero-order chi connectivity index (χ0) is 19.1. The first kappa shape index (κ1) is 18.7. The molecule has 0 spiro atoms. The van der Waals surface area contributed by atoms with Crippen molar-refractivity contribution in [1.29, 1.82) is 0 Å². The molecular formula is C20H19ClN4O2. The lowest BCUT2D eigenvalue weighted by Gasteiger charge is -2.09. The lowest BCUT2D eigenvalue weighted by atomic mass is 10.2. The van der Waals surface area contributed by atoms with Gasteiger partial charge in [0.1, 0.15) is 11.4 Å². The van der Waals surface area contributed by atoms with Gasteiger partial charge < -0.3 is 15.4 Å². The number of amides is 1. The van der Waals surface area contributed by atoms with E-state index in [1.165, 1.54) is 0 Å². The number of hydrogen-bond donors (Lipinski definition) is 2. The molecule has 3 aromatic rings. The van der Waals surface area contributed by atoms with Crippen molar-refractivity contribution in [3.8, 4) is 5.75 Å². The summed E-state index contributed by atoms with van der Waals surface area (Å²) in [5.74, 6) is 0.871. The first-order chi connectivity index (χ1) is 13.2. The van der Waals surface area contributed by atoms with Gasteiger partial charge in [-0.1, -0.05) is 41.9 Å². The van der Waals surface area contributed by atoms with Gasteiger partial charge in [-0.3, -0.25) is 4.79 Å². The molecule has 6 nitrogen and oxygen atoms in total. The van der Waals surface area contributed by atoms with Gasteiger partial charge >= 0.3 is 0 Å². The number of aromatic nitrogens is 2. The molecule has 1 aromatic heterocycles. The number of nitrogens with zero attached hydrogens (tertiary/aromatic N) is 2. The van der Waals surface area contributed by atoms with E-state index < -0.39 is 0 Å². The molecule has 2 N–H and O–H groups in total. The van der Waals surface area contributed by atoms with Crippen LogP contribution >= 0.6 is 11.6 Å². The van der Waals surface area contributed by atoms with Crippen molar-refractivity contribution in [2.45, 2.75) is 13.1 Å². The Hall–Kier alpha value is -3.12. The van der Waals surface area contributed by atoms with E-state index in [-0.39, 0.29) is 5.91 Å². The molecule has 0 aliphatic carbocycles. The molecule has 1 heterocycles. The molecule has 138 valence electrons. The largest absolute Gasteiger partial charge is 0.497 e. The van der Waals surface area contributed by atoms with E-state index in [2.05, 4.69) is 20.6 Å². The second kappa shape index (κ2) is 9.00. The molecule has 0 fully saturated rings. The van der Waals surface area contributed by atoms with E-state index in [9.17, 15) is 4.79 Å². The van der Waals surface area contributed by atoms with E-state index in [0.717, 1.165) is 16.9 Å². The second-order valence-corrected chi connectivity index (χ2v) is 6.15. The Morgan fingerprint density at radius 3 is 2.59 bits per heavy atom. The van der Waals surface area contributed by atoms with Crippen molar-refractivity contribution >= 4 is 23.5 Å². The number of hydrogen-bond acceptors (Lipinski definition) is 5. The fourth-order valence-corrected chi connectivity index (χ4v) is 2.61. The van der Waals surface area contributed by atoms with Gasteiger partial charge in [-0.15, -0.1) is 0 Å². The first-order valence-electron chi connectivity index (χ1n) is 8.37. The Morgan fingerprint density at radius 2 is 1.85 bits per heavy atom. The minimum absolute atomic E-state index is 0.269. The topological polar surface area (TPSA) is 76.1 Å². The standard InChI is InChI=1S/C20H19ClN4O2/c1-27-16-8-6-14(7-9-16)12-23-19(26)18-10-11-22-20(25-18)24-13-15-4-2-3-5-17(15)21/h2-11H,12-13H2,1H3,(H,23,26)(H,22,24,25). The number of ether oxygens (including phenoxy) is 1. The van der Waals surface area contributed by atoms with Crippen molar-refractivity contribution in [1.82, 2.24) is 15.3 Å². The van der Waals surface area contributed by atoms with Crippen molar-refractivity contribution in [3.63, 3.8) is 0 Å². The molecule has 0 radical (unpaired) electrons. The van der Waals surface area contributed by atoms with Crippen LogP contribution < -0.4 is 15.4 Å². The zero-order valence-corrected chi connectivity index (χ0v) is 15.5. The Kier molecular flexibility index (Phi) is 6.22. The van der Waals surface area contributed by atoms with Crippen molar-refractivity contribution in [2.24, 2.45) is 0 Å². The summed E-state index contributed by atoms with van der Waals surface area (Å²) in [5.41, 5.74) is 2.19. The SMILES string of the molecule is COc1ccc(CNC(=O)c2ccnc(NCc3ccccc3Cl)n2)cc1. The van der Waals surface area contributed by atoms with Gasteiger partial charge in [0.2, 0.25) is 5.95 Å². The van der Waals surface area contributed by atoms with E-state index in [0.29, 0.717) is 29.8 Å². The molecule has 0 aliphatic rings. The summed E-state index contributed by atoms with van der Waals surface area (Å²) >= 11 is 6.14. The number of methoxy groups -OCH3 is 1. The number of halogens is 1. The molecular weight excluding hydrogens is 364 g/mol. The van der Waals surface area contributed by atoms with Crippen LogP contribution in [0.25, 0.3) is 0 Å². The number of benzene rings is 2. The summed E-state index contributed by atoms with van der Waals surface area (Å²) in [6.07, 6.45) is 1.55. The Labute approximate surface area is 162 Å². The number of anilines is 1. The van der Waals surface area contributed by atoms with Gasteiger partial charge in [0, 0.05) is 24.3 Å². The zero-order valence-electron chi connectivity index (χ0n) is 14.8. The van der Waals surface area contributed by atoms with Gasteiger partial charge in [0.25, 0.3) is 5.91 Å². The normalized spacial score (nSPS) is 10.3. The van der Waals surface area contributed by atoms with Crippen LogP contribution in [0.4, 0.5) is 5.95 Å². The highest BCUT2D eigenvalue weighted by atomic mass is 35.5. The molecule has 0 saturated heterocycles. The lowest BCUT2D eigenvalue weighted by molar-refractivity contribution is 0.0946. The van der Waals surface area contributed by atoms with Crippen molar-refractivity contribution in [2.75, 3.05) is 12.4 Å². The second-order valence-electron chi connectivity index (χ2n) is 5.74. The smallest absolute Gasteiger partial charge is 0.270 e. The Balaban J connectivity index is 1.58. The molecule has 0 unspecified atom stereocenters. The first-order valence-corrected chi connectivity index (χ1v) is 8.75. The van der Waals surface area contributed by atoms with Gasteiger partial charge in [0.05, 0.1) is 7.11 Å². The highest BCUT2D eigenvalue weighted by molar-refractivity contribution is 6.31. The lowest BCUT2D eigenvalue weighted by Crippen LogP contribution is -2.24. The fraction of sp³-hybridized carbons (Fsp3) is 0.150. The van der Waals surface area contributed by atoms with Crippen LogP contribution in [0.5, 0.6) is 5.75 Å². The molecule has 1 amide bonds. The molecule has 0 atom stereocenters. The molecule has 0 aliphatic heterocycles. The molecule has 3 rings (SSSR count). The van der Waals surface area contributed by atoms with Crippen molar-refractivity contribution in [3.05, 3.63) is 82.6 Å². The van der Waals surface area contributed by atoms with E-state index in [1.54, 1.807) is 19.4 Å². The maximum Gasteiger partial charge on any atom is 0.270 e. The summed E-state index contributed by atoms with van der Waals surface area (Å²) in [5, 5.41) is 6.59. The molecule has 0 bridgehead atoms. The van der Waals surface area contributed by atoms with Gasteiger partial charge in [-0.2, -0.15) is 0 Å². The van der Waals surface area contributed by atoms with Crippen LogP contribution in [-0.2, 0) is 13.1 Å². The Morgan fingerprint density at radius 1 is 1.07 bits per heavy atom. The number of nitrogens with one attached hydrogen (secondary N) is 2. The molecule has 27 heavy (non-hydrogen) atoms. The van der Waals surface area contributed by atoms with Gasteiger partial charge in [0.15, 0.2) is 0 Å². The van der Waals surface area contributed by atoms with Gasteiger partial charge in [-0.05, 0) is 35.4 Å². The predicted octanol–water partition coefficient (Wildman–Crippen LogP) is 3.68. The average molecular weight is 383 g/mol. The highest BCUT2D eigenvalue weighted by Gasteiger charge is 2.09. The number of carbonyl (C=O) groups is 1. The van der Waals surface area contributed by atoms with Crippen LogP contribution in [0.15, 0.2) is 60.8 Å². The van der Waals surface area contributed by atoms with Crippen LogP contribution in [-0.4, -0.2) is 23.0 Å². The van der Waals surface area contributed by atoms with Crippen LogP contribution in [0.1, 0.15) is 21.6 Å². The van der Waals surface area contributed by atoms with Crippen LogP contribution in [0, 0.1) is 0 Å². The van der Waals surface area contributed by atoms with Crippen LogP contribution in [0.3, 0.4) is 0 Å². The summed E-state index contributed by atoms with van der Waals surface area (Å²) in [6, 6.07) is 16.6. The number of carbonyl (C=O) groups excluding carboxylic acids is 1. The van der Waals surface area contributed by atoms with E-state index >= 15 is 0 Å². The summed E-state index contributed by atoms with van der Waals surface area (Å²) in [6.45, 7) is 0.867. The van der Waals surface area contributed by atoms with Gasteiger partial charge in [-0.25, -0.2) is 9.97 Å². The minimum atomic E-state index is -0.269. The van der Waals surface area contributed by atoms with Crippen molar-refractivity contribution < 1.29 is 9.53 Å². The monoisotopic (exact) mass is 382 g/mol. The van der Waals surface area contributed by atoms with E-state index in [1.807, 2.05) is 48.5 Å². The molecule has 7 heteroatoms. The Bertz CT molecular complexity index is 916. The summed E-state index contributed by atoms with van der Waals surface area (Å²) in [7, 11) is 1.61. The maximum absolute atomic E-state index is 12.3. The quantitative estimate of drug-likeness (QED) is 0.651. The third kappa shape index (κ3) is 5.18. The van der Waals surface area contributed by atoms with E-state index in [4.69, 9.17) is 16.3 Å². The maximum atomic E-state index is 12.3. The third-order valence-corrected chi connectivity index (χ3v) is 4.26. The fourth-order valence-electron chi connectivity index (χ4n) is 2.40. The highest BCUT2D eigenvalue weighted by Crippen LogP contribution is 2.16. The summed E-state index contributed by atoms with van der Waals surface area (Å²) < 4.78 is 5.12. The average Bonchev–Trinajstić information content (AvgIpc) is 2.72. The predicted molar refractivity (Wildman–Crippen MR) is 105 cm³/mol. The minimum Gasteiger partial charge on any atom is -0.497 e. The van der Waals surface area contributed by atoms with Crippen LogP contribution in [0.2, 0.25) is 5.02 Å². The molecule has 0 saturated carbocycles.